The minimum absolute atomic E-state index is 0.181. The molecule has 0 bridgehead atoms. The van der Waals surface area contributed by atoms with Gasteiger partial charge in [-0.25, -0.2) is 14.5 Å². The van der Waals surface area contributed by atoms with Crippen molar-refractivity contribution in [1.82, 2.24) is 24.5 Å². The predicted molar refractivity (Wildman–Crippen MR) is 86.1 cm³/mol. The SMILES string of the molecule is N#Cc1ccc(-n2cc(Cn3ccnc3)nn2)cc1C(F)(F)F.O=C(O)C(F)(F)F. The number of hydrogen-bond donors (Lipinski definition) is 1. The van der Waals surface area contributed by atoms with Crippen molar-refractivity contribution in [2.24, 2.45) is 0 Å². The average Bonchev–Trinajstić information content (AvgIpc) is 3.32. The molecule has 0 radical (unpaired) electrons. The Balaban J connectivity index is 0.000000396. The number of halogens is 6. The minimum Gasteiger partial charge on any atom is -0.475 e. The van der Waals surface area contributed by atoms with E-state index in [4.69, 9.17) is 15.2 Å². The molecule has 0 saturated carbocycles. The first-order valence-electron chi connectivity index (χ1n) is 7.70. The van der Waals surface area contributed by atoms with Crippen LogP contribution in [0.5, 0.6) is 0 Å². The second-order valence-corrected chi connectivity index (χ2v) is 5.53. The molecule has 0 aliphatic rings. The summed E-state index contributed by atoms with van der Waals surface area (Å²) in [5.74, 6) is -2.76. The average molecular weight is 432 g/mol. The number of nitrogens with zero attached hydrogens (tertiary/aromatic N) is 6. The smallest absolute Gasteiger partial charge is 0.475 e. The van der Waals surface area contributed by atoms with Crippen molar-refractivity contribution < 1.29 is 36.2 Å². The maximum Gasteiger partial charge on any atom is 0.490 e. The Morgan fingerprint density at radius 2 is 1.87 bits per heavy atom. The highest BCUT2D eigenvalue weighted by Gasteiger charge is 2.38. The predicted octanol–water partition coefficient (Wildman–Crippen LogP) is 3.04. The van der Waals surface area contributed by atoms with Gasteiger partial charge in [-0.05, 0) is 18.2 Å². The van der Waals surface area contributed by atoms with Gasteiger partial charge in [-0.3, -0.25) is 0 Å². The quantitative estimate of drug-likeness (QED) is 0.638. The molecule has 2 aromatic heterocycles. The van der Waals surface area contributed by atoms with Crippen LogP contribution in [0.1, 0.15) is 16.8 Å². The Morgan fingerprint density at radius 3 is 2.37 bits per heavy atom. The van der Waals surface area contributed by atoms with Gasteiger partial charge in [-0.1, -0.05) is 5.21 Å². The van der Waals surface area contributed by atoms with Gasteiger partial charge in [-0.15, -0.1) is 5.10 Å². The Labute approximate surface area is 163 Å². The van der Waals surface area contributed by atoms with E-state index in [2.05, 4.69) is 15.3 Å². The maximum absolute atomic E-state index is 13.0. The van der Waals surface area contributed by atoms with Crippen LogP contribution in [0.15, 0.2) is 43.1 Å². The fourth-order valence-corrected chi connectivity index (χ4v) is 2.07. The third-order valence-electron chi connectivity index (χ3n) is 3.38. The molecule has 2 heterocycles. The van der Waals surface area contributed by atoms with Crippen LogP contribution in [0.2, 0.25) is 0 Å². The molecule has 3 rings (SSSR count). The van der Waals surface area contributed by atoms with Gasteiger partial charge < -0.3 is 9.67 Å². The zero-order chi connectivity index (χ0) is 22.5. The number of aliphatic carboxylic acids is 1. The number of alkyl halides is 6. The Morgan fingerprint density at radius 1 is 1.20 bits per heavy atom. The highest BCUT2D eigenvalue weighted by molar-refractivity contribution is 5.73. The summed E-state index contributed by atoms with van der Waals surface area (Å²) in [4.78, 5) is 12.8. The fourth-order valence-electron chi connectivity index (χ4n) is 2.07. The van der Waals surface area contributed by atoms with Crippen molar-refractivity contribution in [1.29, 1.82) is 5.26 Å². The van der Waals surface area contributed by atoms with Gasteiger partial charge in [-0.2, -0.15) is 31.6 Å². The molecule has 0 spiro atoms. The van der Waals surface area contributed by atoms with E-state index < -0.39 is 29.4 Å². The molecule has 0 aliphatic carbocycles. The number of nitriles is 1. The zero-order valence-electron chi connectivity index (χ0n) is 14.6. The molecule has 0 aliphatic heterocycles. The topological polar surface area (TPSA) is 110 Å². The lowest BCUT2D eigenvalue weighted by Gasteiger charge is -2.10. The molecule has 8 nitrogen and oxygen atoms in total. The van der Waals surface area contributed by atoms with E-state index in [0.717, 1.165) is 12.1 Å². The zero-order valence-corrected chi connectivity index (χ0v) is 14.6. The summed E-state index contributed by atoms with van der Waals surface area (Å²) in [6, 6.07) is 4.94. The maximum atomic E-state index is 13.0. The summed E-state index contributed by atoms with van der Waals surface area (Å²) in [6.45, 7) is 0.405. The third kappa shape index (κ3) is 5.80. The monoisotopic (exact) mass is 432 g/mol. The molecular formula is C16H10F6N6O2. The van der Waals surface area contributed by atoms with Gasteiger partial charge >= 0.3 is 18.3 Å². The van der Waals surface area contributed by atoms with Crippen molar-refractivity contribution in [3.8, 4) is 11.8 Å². The van der Waals surface area contributed by atoms with Crippen LogP contribution >= 0.6 is 0 Å². The summed E-state index contributed by atoms with van der Waals surface area (Å²) in [5, 5.41) is 23.7. The second kappa shape index (κ2) is 8.64. The van der Waals surface area contributed by atoms with E-state index in [1.54, 1.807) is 29.4 Å². The molecule has 30 heavy (non-hydrogen) atoms. The Kier molecular flexibility index (Phi) is 6.45. The molecule has 0 saturated heterocycles. The van der Waals surface area contributed by atoms with Gasteiger partial charge in [0.2, 0.25) is 0 Å². The lowest BCUT2D eigenvalue weighted by atomic mass is 10.1. The van der Waals surface area contributed by atoms with Crippen molar-refractivity contribution in [3.63, 3.8) is 0 Å². The van der Waals surface area contributed by atoms with Crippen molar-refractivity contribution in [3.05, 3.63) is 59.9 Å². The summed E-state index contributed by atoms with van der Waals surface area (Å²) >= 11 is 0. The fraction of sp³-hybridized carbons (Fsp3) is 0.188. The van der Waals surface area contributed by atoms with Gasteiger partial charge in [0.05, 0.1) is 42.0 Å². The summed E-state index contributed by atoms with van der Waals surface area (Å²) < 4.78 is 73.7. The molecule has 1 N–H and O–H groups in total. The number of carboxylic acids is 1. The van der Waals surface area contributed by atoms with Crippen LogP contribution in [0.3, 0.4) is 0 Å². The van der Waals surface area contributed by atoms with Gasteiger partial charge in [0.1, 0.15) is 5.69 Å². The van der Waals surface area contributed by atoms with E-state index in [9.17, 15) is 26.3 Å². The van der Waals surface area contributed by atoms with E-state index in [1.165, 1.54) is 16.9 Å². The number of imidazole rings is 1. The Hall–Kier alpha value is -3.89. The van der Waals surface area contributed by atoms with Crippen LogP contribution < -0.4 is 0 Å². The normalized spacial score (nSPS) is 11.4. The van der Waals surface area contributed by atoms with Crippen LogP contribution in [0, 0.1) is 11.3 Å². The molecule has 14 heteroatoms. The van der Waals surface area contributed by atoms with Gasteiger partial charge in [0.15, 0.2) is 0 Å². The van der Waals surface area contributed by atoms with Crippen molar-refractivity contribution in [2.45, 2.75) is 18.9 Å². The number of benzene rings is 1. The minimum atomic E-state index is -5.08. The summed E-state index contributed by atoms with van der Waals surface area (Å²) in [7, 11) is 0. The summed E-state index contributed by atoms with van der Waals surface area (Å²) in [6.07, 6.45) is -3.21. The molecule has 0 atom stereocenters. The van der Waals surface area contributed by atoms with Gasteiger partial charge in [0.25, 0.3) is 0 Å². The van der Waals surface area contributed by atoms with E-state index in [1.807, 2.05) is 0 Å². The van der Waals surface area contributed by atoms with Crippen LogP contribution in [0.4, 0.5) is 26.3 Å². The molecule has 3 aromatic rings. The number of aromatic nitrogens is 5. The number of hydrogen-bond acceptors (Lipinski definition) is 5. The lowest BCUT2D eigenvalue weighted by Crippen LogP contribution is -2.21. The highest BCUT2D eigenvalue weighted by Crippen LogP contribution is 2.33. The van der Waals surface area contributed by atoms with E-state index in [-0.39, 0.29) is 5.69 Å². The summed E-state index contributed by atoms with van der Waals surface area (Å²) in [5.41, 5.74) is -0.675. The number of rotatable bonds is 3. The van der Waals surface area contributed by atoms with Crippen molar-refractivity contribution in [2.75, 3.05) is 0 Å². The molecule has 158 valence electrons. The van der Waals surface area contributed by atoms with E-state index in [0.29, 0.717) is 12.2 Å². The Bertz CT molecular complexity index is 1050. The highest BCUT2D eigenvalue weighted by atomic mass is 19.4. The molecule has 0 amide bonds. The first kappa shape index (κ1) is 22.4. The number of carboxylic acid groups (broad SMARTS) is 1. The van der Waals surface area contributed by atoms with Crippen molar-refractivity contribution >= 4 is 5.97 Å². The number of carbonyl (C=O) groups is 1. The first-order valence-corrected chi connectivity index (χ1v) is 7.70. The largest absolute Gasteiger partial charge is 0.490 e. The molecule has 1 aromatic carbocycles. The lowest BCUT2D eigenvalue weighted by molar-refractivity contribution is -0.192. The van der Waals surface area contributed by atoms with Crippen LogP contribution in [-0.2, 0) is 17.5 Å². The standard InChI is InChI=1S/C14H9F3N6.C2HF3O2/c15-14(16,17)13-5-12(2-1-10(13)6-18)23-8-11(20-21-23)7-22-4-3-19-9-22;3-2(4,5)1(6)7/h1-5,8-9H,7H2;(H,6,7). The third-order valence-corrected chi connectivity index (χ3v) is 3.38. The molecule has 0 unspecified atom stereocenters. The first-order chi connectivity index (χ1) is 13.9. The van der Waals surface area contributed by atoms with Crippen LogP contribution in [-0.4, -0.2) is 41.8 Å². The van der Waals surface area contributed by atoms with E-state index >= 15 is 0 Å². The molecular weight excluding hydrogens is 422 g/mol. The van der Waals surface area contributed by atoms with Crippen LogP contribution in [0.25, 0.3) is 5.69 Å². The second-order valence-electron chi connectivity index (χ2n) is 5.53. The molecule has 0 fully saturated rings. The van der Waals surface area contributed by atoms with Gasteiger partial charge in [0, 0.05) is 12.4 Å².